The molecule has 10 heavy (non-hydrogen) atoms. The molecule has 0 aromatic heterocycles. The molecule has 1 rings (SSSR count). The van der Waals surface area contributed by atoms with Crippen LogP contribution in [0, 0.1) is 0 Å². The fourth-order valence-corrected chi connectivity index (χ4v) is 0.874. The van der Waals surface area contributed by atoms with E-state index in [0.29, 0.717) is 0 Å². The minimum absolute atomic E-state index is 0.741. The van der Waals surface area contributed by atoms with E-state index in [1.165, 1.54) is 4.24 Å². The molecule has 0 N–H and O–H groups in total. The van der Waals surface area contributed by atoms with Gasteiger partial charge in [-0.15, -0.1) is 0 Å². The maximum absolute atomic E-state index is 5.34. The van der Waals surface area contributed by atoms with Gasteiger partial charge in [0.05, 0.1) is 0 Å². The second kappa shape index (κ2) is 3.70. The van der Waals surface area contributed by atoms with Crippen molar-refractivity contribution in [3.63, 3.8) is 0 Å². The Kier molecular flexibility index (Phi) is 2.86. The van der Waals surface area contributed by atoms with Crippen LogP contribution in [0.4, 0.5) is 0 Å². The molecule has 0 aliphatic rings. The molecule has 0 fully saturated rings. The molecule has 0 aliphatic heterocycles. The summed E-state index contributed by atoms with van der Waals surface area (Å²) in [6.45, 7) is 2.73. The van der Waals surface area contributed by atoms with Gasteiger partial charge in [0, 0.05) is 0 Å². The molecule has 0 radical (unpaired) electrons. The Hall–Kier alpha value is -0.383. The Morgan fingerprint density at radius 1 is 1.40 bits per heavy atom. The molecule has 0 spiro atoms. The van der Waals surface area contributed by atoms with Gasteiger partial charge in [0.25, 0.3) is 0 Å². The van der Waals surface area contributed by atoms with Gasteiger partial charge < -0.3 is 0 Å². The van der Waals surface area contributed by atoms with E-state index in [0.717, 1.165) is 12.4 Å². The van der Waals surface area contributed by atoms with Gasteiger partial charge >= 0.3 is 70.2 Å². The maximum atomic E-state index is 5.34. The van der Waals surface area contributed by atoms with Crippen LogP contribution in [0.1, 0.15) is 6.92 Å². The summed E-state index contributed by atoms with van der Waals surface area (Å²) in [6.07, 6.45) is 0. The molecule has 0 aliphatic carbocycles. The fourth-order valence-electron chi connectivity index (χ4n) is 0.874. The van der Waals surface area contributed by atoms with Crippen molar-refractivity contribution in [2.75, 3.05) is 6.61 Å². The van der Waals surface area contributed by atoms with Crippen molar-refractivity contribution in [3.05, 3.63) is 24.3 Å². The standard InChI is InChI=1S/C8H9O.Li/c1-2-9-8-6-4-3-5-7-8;/h3-6H,2H2,1H3;. The predicted molar refractivity (Wildman–Crippen MR) is 43.0 cm³/mol. The Balaban J connectivity index is 2.81. The van der Waals surface area contributed by atoms with Gasteiger partial charge in [0.15, 0.2) is 0 Å². The number of hydrogen-bond donors (Lipinski definition) is 0. The predicted octanol–water partition coefficient (Wildman–Crippen LogP) is 0.879. The van der Waals surface area contributed by atoms with Crippen LogP contribution in [0.25, 0.3) is 0 Å². The first-order chi connectivity index (χ1) is 4.84. The average Bonchev–Trinajstić information content (AvgIpc) is 1.94. The van der Waals surface area contributed by atoms with Crippen molar-refractivity contribution in [2.24, 2.45) is 0 Å². The third-order valence-corrected chi connectivity index (χ3v) is 1.39. The van der Waals surface area contributed by atoms with Gasteiger partial charge in [-0.05, 0) is 0 Å². The van der Waals surface area contributed by atoms with Crippen LogP contribution in [-0.4, -0.2) is 24.3 Å². The first kappa shape index (κ1) is 7.72. The molecule has 0 unspecified atom stereocenters. The molecular formula is C8H9LiO. The summed E-state index contributed by atoms with van der Waals surface area (Å²) in [6, 6.07) is 8.03. The molecule has 2 heteroatoms. The second-order valence-corrected chi connectivity index (χ2v) is 2.20. The van der Waals surface area contributed by atoms with E-state index in [4.69, 9.17) is 4.74 Å². The monoisotopic (exact) mass is 128 g/mol. The third-order valence-electron chi connectivity index (χ3n) is 1.39. The van der Waals surface area contributed by atoms with Gasteiger partial charge in [-0.3, -0.25) is 0 Å². The van der Waals surface area contributed by atoms with E-state index in [9.17, 15) is 0 Å². The van der Waals surface area contributed by atoms with Crippen LogP contribution in [-0.2, 0) is 0 Å². The Bertz CT molecular complexity index is 210. The molecule has 0 saturated heterocycles. The Morgan fingerprint density at radius 3 is 2.70 bits per heavy atom. The third kappa shape index (κ3) is 1.80. The van der Waals surface area contributed by atoms with Crippen LogP contribution in [0.5, 0.6) is 5.75 Å². The Morgan fingerprint density at radius 2 is 2.10 bits per heavy atom. The summed E-state index contributed by atoms with van der Waals surface area (Å²) in [7, 11) is 0. The summed E-state index contributed by atoms with van der Waals surface area (Å²) in [4.78, 5) is 0. The van der Waals surface area contributed by atoms with Crippen molar-refractivity contribution in [2.45, 2.75) is 6.92 Å². The quantitative estimate of drug-likeness (QED) is 0.537. The number of benzene rings is 1. The molecule has 1 nitrogen and oxygen atoms in total. The summed E-state index contributed by atoms with van der Waals surface area (Å²) in [5.74, 6) is 0.991. The van der Waals surface area contributed by atoms with E-state index >= 15 is 0 Å². The molecule has 48 valence electrons. The van der Waals surface area contributed by atoms with Crippen LogP contribution in [0.3, 0.4) is 0 Å². The van der Waals surface area contributed by atoms with E-state index in [2.05, 4.69) is 0 Å². The van der Waals surface area contributed by atoms with Gasteiger partial charge in [-0.1, -0.05) is 0 Å². The van der Waals surface area contributed by atoms with Gasteiger partial charge in [0.1, 0.15) is 0 Å². The minimum atomic E-state index is 0.741. The van der Waals surface area contributed by atoms with Crippen molar-refractivity contribution >= 4 is 22.0 Å². The van der Waals surface area contributed by atoms with Crippen LogP contribution >= 0.6 is 0 Å². The van der Waals surface area contributed by atoms with E-state index in [1.807, 2.05) is 48.9 Å². The van der Waals surface area contributed by atoms with Gasteiger partial charge in [0.2, 0.25) is 0 Å². The number of rotatable bonds is 2. The summed E-state index contributed by atoms with van der Waals surface area (Å²) < 4.78 is 6.54. The molecule has 0 heterocycles. The summed E-state index contributed by atoms with van der Waals surface area (Å²) in [5, 5.41) is 0. The molecule has 0 amide bonds. The normalized spacial score (nSPS) is 9.50. The zero-order valence-corrected chi connectivity index (χ0v) is 6.42. The molecule has 1 aromatic rings. The first-order valence-corrected chi connectivity index (χ1v) is 3.53. The van der Waals surface area contributed by atoms with Crippen LogP contribution < -0.4 is 8.97 Å². The molecular weight excluding hydrogens is 119 g/mol. The molecule has 0 bridgehead atoms. The second-order valence-electron chi connectivity index (χ2n) is 2.20. The average molecular weight is 128 g/mol. The van der Waals surface area contributed by atoms with Gasteiger partial charge in [-0.25, -0.2) is 0 Å². The zero-order valence-electron chi connectivity index (χ0n) is 6.42. The number of para-hydroxylation sites is 1. The van der Waals surface area contributed by atoms with Gasteiger partial charge in [-0.2, -0.15) is 0 Å². The zero-order chi connectivity index (χ0) is 7.40. The number of ether oxygens (including phenoxy) is 1. The van der Waals surface area contributed by atoms with Crippen molar-refractivity contribution < 1.29 is 4.74 Å². The van der Waals surface area contributed by atoms with Crippen molar-refractivity contribution in [1.82, 2.24) is 0 Å². The summed E-state index contributed by atoms with van der Waals surface area (Å²) in [5.41, 5.74) is 0. The molecule has 1 aromatic carbocycles. The van der Waals surface area contributed by atoms with Crippen LogP contribution in [0.2, 0.25) is 0 Å². The topological polar surface area (TPSA) is 9.23 Å². The van der Waals surface area contributed by atoms with Crippen LogP contribution in [0.15, 0.2) is 24.3 Å². The number of hydrogen-bond acceptors (Lipinski definition) is 1. The molecule has 0 atom stereocenters. The SMILES string of the molecule is [Li][c]1ccccc1OCC. The van der Waals surface area contributed by atoms with E-state index in [1.54, 1.807) is 0 Å². The molecule has 0 saturated carbocycles. The Labute approximate surface area is 70.6 Å². The first-order valence-electron chi connectivity index (χ1n) is 3.53. The van der Waals surface area contributed by atoms with E-state index in [-0.39, 0.29) is 0 Å². The van der Waals surface area contributed by atoms with Crippen molar-refractivity contribution in [1.29, 1.82) is 0 Å². The van der Waals surface area contributed by atoms with E-state index < -0.39 is 0 Å². The van der Waals surface area contributed by atoms with Crippen molar-refractivity contribution in [3.8, 4) is 5.75 Å². The fraction of sp³-hybridized carbons (Fsp3) is 0.250. The summed E-state index contributed by atoms with van der Waals surface area (Å²) >= 11 is 2.05.